The van der Waals surface area contributed by atoms with Gasteiger partial charge in [0.2, 0.25) is 6.17 Å². The van der Waals surface area contributed by atoms with Crippen LogP contribution in [0.2, 0.25) is 0 Å². The summed E-state index contributed by atoms with van der Waals surface area (Å²) in [4.78, 5) is 0. The molecule has 0 amide bonds. The minimum Gasteiger partial charge on any atom is -0.235 e. The second-order valence-corrected chi connectivity index (χ2v) is 2.36. The molecule has 0 spiro atoms. The van der Waals surface area contributed by atoms with Gasteiger partial charge in [-0.2, -0.15) is 26.3 Å². The third-order valence-electron chi connectivity index (χ3n) is 0.882. The summed E-state index contributed by atoms with van der Waals surface area (Å²) in [6.07, 6.45) is -15.1. The van der Waals surface area contributed by atoms with Crippen LogP contribution in [0.1, 0.15) is 0 Å². The Morgan fingerprint density at radius 2 is 1.17 bits per heavy atom. The molecule has 74 valence electrons. The van der Waals surface area contributed by atoms with Crippen LogP contribution < -0.4 is 0 Å². The van der Waals surface area contributed by atoms with Gasteiger partial charge in [-0.25, -0.2) is 4.39 Å². The van der Waals surface area contributed by atoms with Crippen LogP contribution in [0.4, 0.5) is 30.7 Å². The van der Waals surface area contributed by atoms with Crippen molar-refractivity contribution >= 4 is 11.6 Å². The minimum absolute atomic E-state index is 3.54. The highest BCUT2D eigenvalue weighted by atomic mass is 35.5. The van der Waals surface area contributed by atoms with E-state index < -0.39 is 23.9 Å². The summed E-state index contributed by atoms with van der Waals surface area (Å²) in [5, 5.41) is -3.54. The zero-order chi connectivity index (χ0) is 10.2. The van der Waals surface area contributed by atoms with Gasteiger partial charge in [-0.3, -0.25) is 0 Å². The smallest absolute Gasteiger partial charge is 0.235 e. The van der Waals surface area contributed by atoms with Crippen LogP contribution in [0.15, 0.2) is 0 Å². The maximum Gasteiger partial charge on any atom is 0.421 e. The first-order valence-corrected chi connectivity index (χ1v) is 2.92. The van der Waals surface area contributed by atoms with E-state index in [1.54, 1.807) is 0 Å². The Labute approximate surface area is 67.3 Å². The van der Waals surface area contributed by atoms with Crippen LogP contribution in [0.5, 0.6) is 0 Å². The van der Waals surface area contributed by atoms with Gasteiger partial charge in [0, 0.05) is 0 Å². The molecule has 0 aliphatic rings. The van der Waals surface area contributed by atoms with Crippen molar-refractivity contribution in [3.8, 4) is 0 Å². The van der Waals surface area contributed by atoms with Gasteiger partial charge in [-0.15, -0.1) is 11.6 Å². The van der Waals surface area contributed by atoms with Crippen LogP contribution in [0.25, 0.3) is 0 Å². The van der Waals surface area contributed by atoms with Crippen molar-refractivity contribution in [1.82, 2.24) is 0 Å². The molecule has 0 saturated heterocycles. The summed E-state index contributed by atoms with van der Waals surface area (Å²) >= 11 is 4.17. The van der Waals surface area contributed by atoms with Crippen molar-refractivity contribution in [2.75, 3.05) is 0 Å². The lowest BCUT2D eigenvalue weighted by molar-refractivity contribution is -0.218. The van der Waals surface area contributed by atoms with Gasteiger partial charge in [-0.05, 0) is 0 Å². The molecule has 8 heteroatoms. The van der Waals surface area contributed by atoms with Gasteiger partial charge in [-0.1, -0.05) is 0 Å². The lowest BCUT2D eigenvalue weighted by Gasteiger charge is -2.19. The fourth-order valence-corrected chi connectivity index (χ4v) is 0.475. The molecule has 0 heterocycles. The molecule has 0 rings (SSSR count). The molecule has 0 N–H and O–H groups in total. The quantitative estimate of drug-likeness (QED) is 0.469. The monoisotopic (exact) mass is 218 g/mol. The van der Waals surface area contributed by atoms with Crippen LogP contribution >= 0.6 is 11.6 Å². The van der Waals surface area contributed by atoms with E-state index in [1.165, 1.54) is 0 Å². The van der Waals surface area contributed by atoms with E-state index in [0.717, 1.165) is 0 Å². The summed E-state index contributed by atoms with van der Waals surface area (Å²) in [5.41, 5.74) is 0. The second-order valence-electron chi connectivity index (χ2n) is 1.89. The van der Waals surface area contributed by atoms with Gasteiger partial charge in [0.05, 0.1) is 0 Å². The molecule has 0 nitrogen and oxygen atoms in total. The Kier molecular flexibility index (Phi) is 3.22. The molecule has 0 aromatic carbocycles. The number of rotatable bonds is 1. The number of hydrogen-bond donors (Lipinski definition) is 0. The standard InChI is InChI=1S/C4H2ClF7/c5-1(3(7,8)9)2(6)4(10,11)12/h1-2H. The number of alkyl halides is 8. The second kappa shape index (κ2) is 3.27. The van der Waals surface area contributed by atoms with E-state index in [0.29, 0.717) is 0 Å². The molecule has 2 unspecified atom stereocenters. The topological polar surface area (TPSA) is 0 Å². The Balaban J connectivity index is 4.41. The molecule has 0 aromatic heterocycles. The summed E-state index contributed by atoms with van der Waals surface area (Å²) in [6, 6.07) is 0. The highest BCUT2D eigenvalue weighted by Crippen LogP contribution is 2.36. The first-order valence-electron chi connectivity index (χ1n) is 2.48. The molecule has 12 heavy (non-hydrogen) atoms. The Morgan fingerprint density at radius 1 is 0.833 bits per heavy atom. The van der Waals surface area contributed by atoms with Crippen molar-refractivity contribution in [2.45, 2.75) is 23.9 Å². The third kappa shape index (κ3) is 3.04. The fourth-order valence-electron chi connectivity index (χ4n) is 0.332. The van der Waals surface area contributed by atoms with Gasteiger partial charge < -0.3 is 0 Å². The van der Waals surface area contributed by atoms with Crippen molar-refractivity contribution in [2.24, 2.45) is 0 Å². The zero-order valence-electron chi connectivity index (χ0n) is 5.18. The van der Waals surface area contributed by atoms with Crippen molar-refractivity contribution in [3.05, 3.63) is 0 Å². The van der Waals surface area contributed by atoms with Crippen LogP contribution in [-0.2, 0) is 0 Å². The summed E-state index contributed by atoms with van der Waals surface area (Å²) in [5.74, 6) is 0. The van der Waals surface area contributed by atoms with E-state index in [1.807, 2.05) is 0 Å². The third-order valence-corrected chi connectivity index (χ3v) is 1.35. The first-order chi connectivity index (χ1) is 5.07. The van der Waals surface area contributed by atoms with E-state index in [4.69, 9.17) is 0 Å². The molecule has 0 fully saturated rings. The SMILES string of the molecule is FC(C(Cl)C(F)(F)F)C(F)(F)F. The predicted octanol–water partition coefficient (Wildman–Crippen LogP) is 3.06. The summed E-state index contributed by atoms with van der Waals surface area (Å²) < 4.78 is 79.7. The molecule has 0 radical (unpaired) electrons. The molecule has 0 bridgehead atoms. The number of hydrogen-bond acceptors (Lipinski definition) is 0. The van der Waals surface area contributed by atoms with Crippen molar-refractivity contribution in [3.63, 3.8) is 0 Å². The van der Waals surface area contributed by atoms with Crippen LogP contribution in [-0.4, -0.2) is 23.9 Å². The molecule has 0 aliphatic heterocycles. The minimum atomic E-state index is -5.58. The molecular formula is C4H2ClF7. The first kappa shape index (κ1) is 11.8. The zero-order valence-corrected chi connectivity index (χ0v) is 5.93. The highest BCUT2D eigenvalue weighted by molar-refractivity contribution is 6.21. The Hall–Kier alpha value is -0.200. The van der Waals surface area contributed by atoms with E-state index >= 15 is 0 Å². The molecule has 0 saturated carbocycles. The van der Waals surface area contributed by atoms with Gasteiger partial charge in [0.15, 0.2) is 5.38 Å². The molecule has 0 aromatic rings. The maximum atomic E-state index is 11.8. The van der Waals surface area contributed by atoms with Crippen molar-refractivity contribution in [1.29, 1.82) is 0 Å². The largest absolute Gasteiger partial charge is 0.421 e. The molecular weight excluding hydrogens is 216 g/mol. The average Bonchev–Trinajstić information content (AvgIpc) is 1.80. The highest BCUT2D eigenvalue weighted by Gasteiger charge is 2.55. The van der Waals surface area contributed by atoms with Gasteiger partial charge in [0.1, 0.15) is 0 Å². The maximum absolute atomic E-state index is 11.8. The van der Waals surface area contributed by atoms with E-state index in [2.05, 4.69) is 11.6 Å². The van der Waals surface area contributed by atoms with E-state index in [9.17, 15) is 30.7 Å². The summed E-state index contributed by atoms with van der Waals surface area (Å²) in [6.45, 7) is 0. The normalized spacial score (nSPS) is 19.0. The van der Waals surface area contributed by atoms with Crippen LogP contribution in [0, 0.1) is 0 Å². The fraction of sp³-hybridized carbons (Fsp3) is 1.00. The molecule has 0 aliphatic carbocycles. The number of halogens is 8. The van der Waals surface area contributed by atoms with Gasteiger partial charge >= 0.3 is 12.4 Å². The lowest BCUT2D eigenvalue weighted by Crippen LogP contribution is -2.41. The van der Waals surface area contributed by atoms with Gasteiger partial charge in [0.25, 0.3) is 0 Å². The Bertz CT molecular complexity index is 128. The van der Waals surface area contributed by atoms with E-state index in [-0.39, 0.29) is 0 Å². The van der Waals surface area contributed by atoms with Crippen LogP contribution in [0.3, 0.4) is 0 Å². The average molecular weight is 218 g/mol. The Morgan fingerprint density at radius 3 is 1.25 bits per heavy atom. The lowest BCUT2D eigenvalue weighted by atomic mass is 10.2. The summed E-state index contributed by atoms with van der Waals surface area (Å²) in [7, 11) is 0. The van der Waals surface area contributed by atoms with Crippen molar-refractivity contribution < 1.29 is 30.7 Å². The predicted molar refractivity (Wildman–Crippen MR) is 26.6 cm³/mol. The molecule has 2 atom stereocenters.